The van der Waals surface area contributed by atoms with Gasteiger partial charge in [-0.15, -0.1) is 5.10 Å². The highest BCUT2D eigenvalue weighted by Crippen LogP contribution is 2.33. The van der Waals surface area contributed by atoms with Crippen molar-refractivity contribution in [2.75, 3.05) is 0 Å². The Morgan fingerprint density at radius 2 is 2.00 bits per heavy atom. The third-order valence-corrected chi connectivity index (χ3v) is 3.62. The second-order valence-electron chi connectivity index (χ2n) is 4.76. The first-order chi connectivity index (χ1) is 8.36. The zero-order valence-electron chi connectivity index (χ0n) is 9.37. The van der Waals surface area contributed by atoms with Crippen molar-refractivity contribution in [1.29, 1.82) is 0 Å². The summed E-state index contributed by atoms with van der Waals surface area (Å²) < 4.78 is 1.65. The lowest BCUT2D eigenvalue weighted by atomic mass is 9.90. The Balaban J connectivity index is 2.01. The predicted molar refractivity (Wildman–Crippen MR) is 58.9 cm³/mol. The number of nitrogens with zero attached hydrogens (tertiary/aromatic N) is 6. The third kappa shape index (κ3) is 1.23. The third-order valence-electron chi connectivity index (χ3n) is 3.62. The largest absolute Gasteiger partial charge is 0.253 e. The minimum absolute atomic E-state index is 0.214. The van der Waals surface area contributed by atoms with E-state index in [9.17, 15) is 0 Å². The van der Waals surface area contributed by atoms with Crippen molar-refractivity contribution in [2.45, 2.75) is 37.8 Å². The maximum atomic E-state index is 4.81. The molecule has 0 aromatic carbocycles. The molecule has 0 atom stereocenters. The van der Waals surface area contributed by atoms with Crippen LogP contribution < -0.4 is 10.7 Å². The van der Waals surface area contributed by atoms with Crippen LogP contribution in [0.4, 0.5) is 0 Å². The van der Waals surface area contributed by atoms with Gasteiger partial charge in [-0.3, -0.25) is 4.99 Å². The van der Waals surface area contributed by atoms with E-state index < -0.39 is 0 Å². The summed E-state index contributed by atoms with van der Waals surface area (Å²) >= 11 is 0. The molecule has 2 aromatic heterocycles. The number of tetrazole rings is 1. The molecule has 3 heterocycles. The Kier molecular flexibility index (Phi) is 1.67. The lowest BCUT2D eigenvalue weighted by Gasteiger charge is -2.27. The summed E-state index contributed by atoms with van der Waals surface area (Å²) in [5, 5.41) is 13.4. The van der Waals surface area contributed by atoms with E-state index in [1.807, 2.05) is 12.3 Å². The van der Waals surface area contributed by atoms with Crippen LogP contribution in [0.3, 0.4) is 0 Å². The van der Waals surface area contributed by atoms with Crippen molar-refractivity contribution in [2.24, 2.45) is 9.98 Å². The average Bonchev–Trinajstić information content (AvgIpc) is 2.93. The smallest absolute Gasteiger partial charge is 0.206 e. The molecule has 0 bridgehead atoms. The molecule has 17 heavy (non-hydrogen) atoms. The molecule has 0 saturated heterocycles. The Labute approximate surface area is 97.1 Å². The van der Waals surface area contributed by atoms with Gasteiger partial charge in [0.2, 0.25) is 5.65 Å². The van der Waals surface area contributed by atoms with Gasteiger partial charge < -0.3 is 0 Å². The summed E-state index contributed by atoms with van der Waals surface area (Å²) in [6, 6.07) is 1.95. The second kappa shape index (κ2) is 3.09. The van der Waals surface area contributed by atoms with Crippen molar-refractivity contribution < 1.29 is 0 Å². The second-order valence-corrected chi connectivity index (χ2v) is 4.76. The summed E-state index contributed by atoms with van der Waals surface area (Å²) in [4.78, 5) is 9.61. The first kappa shape index (κ1) is 9.21. The molecule has 6 nitrogen and oxygen atoms in total. The number of pyridine rings is 1. The van der Waals surface area contributed by atoms with Gasteiger partial charge in [-0.05, 0) is 42.2 Å². The summed E-state index contributed by atoms with van der Waals surface area (Å²) in [6.45, 7) is 0. The summed E-state index contributed by atoms with van der Waals surface area (Å²) in [5.74, 6) is 0. The summed E-state index contributed by atoms with van der Waals surface area (Å²) in [5.41, 5.74) is 0.502. The van der Waals surface area contributed by atoms with Crippen molar-refractivity contribution in [3.05, 3.63) is 23.0 Å². The number of rotatable bonds is 0. The van der Waals surface area contributed by atoms with Gasteiger partial charge in [0, 0.05) is 6.20 Å². The normalized spacial score (nSPS) is 21.2. The Hall–Kier alpha value is -1.85. The first-order valence-electron chi connectivity index (χ1n) is 6.03. The van der Waals surface area contributed by atoms with Crippen LogP contribution in [0.2, 0.25) is 0 Å². The summed E-state index contributed by atoms with van der Waals surface area (Å²) in [7, 11) is 0. The molecule has 1 spiro atoms. The van der Waals surface area contributed by atoms with Gasteiger partial charge in [0.25, 0.3) is 0 Å². The van der Waals surface area contributed by atoms with Crippen molar-refractivity contribution in [3.63, 3.8) is 0 Å². The van der Waals surface area contributed by atoms with Gasteiger partial charge in [0.1, 0.15) is 5.36 Å². The van der Waals surface area contributed by atoms with Crippen molar-refractivity contribution in [3.8, 4) is 0 Å². The molecule has 0 unspecified atom stereocenters. The SMILES string of the molecule is c1cn2nnnc2c2c1=NC1(CCCCC1)N=2. The molecule has 1 fully saturated rings. The highest BCUT2D eigenvalue weighted by molar-refractivity contribution is 5.34. The quantitative estimate of drug-likeness (QED) is 0.639. The van der Waals surface area contributed by atoms with E-state index in [1.54, 1.807) is 4.52 Å². The highest BCUT2D eigenvalue weighted by Gasteiger charge is 2.33. The van der Waals surface area contributed by atoms with E-state index in [0.29, 0.717) is 5.65 Å². The predicted octanol–water partition coefficient (Wildman–Crippen LogP) is 0.0375. The molecule has 86 valence electrons. The molecule has 1 saturated carbocycles. The van der Waals surface area contributed by atoms with Crippen LogP contribution in [0, 0.1) is 0 Å². The molecule has 6 heteroatoms. The molecule has 4 rings (SSSR count). The highest BCUT2D eigenvalue weighted by atomic mass is 15.5. The first-order valence-corrected chi connectivity index (χ1v) is 6.03. The zero-order chi connectivity index (χ0) is 11.3. The molecule has 0 amide bonds. The molecule has 1 aliphatic carbocycles. The lowest BCUT2D eigenvalue weighted by molar-refractivity contribution is 0.309. The van der Waals surface area contributed by atoms with Crippen LogP contribution in [-0.2, 0) is 0 Å². The van der Waals surface area contributed by atoms with Crippen LogP contribution in [0.25, 0.3) is 5.65 Å². The maximum absolute atomic E-state index is 4.81. The van der Waals surface area contributed by atoms with Gasteiger partial charge in [0.05, 0.1) is 5.36 Å². The standard InChI is InChI=1S/C11H12N6/c1-2-5-11(6-3-1)12-8-4-7-17-10(9(8)13-11)14-15-16-17/h4,7H,1-3,5-6H2. The van der Waals surface area contributed by atoms with Crippen molar-refractivity contribution >= 4 is 5.65 Å². The van der Waals surface area contributed by atoms with Crippen LogP contribution in [0.1, 0.15) is 32.1 Å². The molecule has 0 N–H and O–H groups in total. The molecule has 2 aliphatic rings. The van der Waals surface area contributed by atoms with Gasteiger partial charge in [-0.1, -0.05) is 6.42 Å². The van der Waals surface area contributed by atoms with Gasteiger partial charge >= 0.3 is 0 Å². The molecular weight excluding hydrogens is 216 g/mol. The van der Waals surface area contributed by atoms with Crippen LogP contribution >= 0.6 is 0 Å². The molecule has 1 aliphatic heterocycles. The number of hydrogen-bond donors (Lipinski definition) is 0. The molecule has 2 aromatic rings. The fraction of sp³-hybridized carbons (Fsp3) is 0.545. The van der Waals surface area contributed by atoms with Crippen LogP contribution in [0.15, 0.2) is 22.2 Å². The number of aromatic nitrogens is 4. The van der Waals surface area contributed by atoms with Crippen LogP contribution in [-0.4, -0.2) is 25.7 Å². The van der Waals surface area contributed by atoms with E-state index in [2.05, 4.69) is 15.5 Å². The Morgan fingerprint density at radius 1 is 1.12 bits per heavy atom. The van der Waals surface area contributed by atoms with E-state index in [1.165, 1.54) is 19.3 Å². The fourth-order valence-corrected chi connectivity index (χ4v) is 2.78. The molecular formula is C11H12N6. The number of hydrogen-bond acceptors (Lipinski definition) is 5. The van der Waals surface area contributed by atoms with Crippen LogP contribution in [0.5, 0.6) is 0 Å². The Bertz CT molecular complexity index is 694. The molecule has 0 radical (unpaired) electrons. The van der Waals surface area contributed by atoms with E-state index in [-0.39, 0.29) is 5.66 Å². The van der Waals surface area contributed by atoms with Gasteiger partial charge in [-0.25, -0.2) is 4.99 Å². The van der Waals surface area contributed by atoms with E-state index in [0.717, 1.165) is 23.6 Å². The number of fused-ring (bicyclic) bond motifs is 3. The summed E-state index contributed by atoms with van der Waals surface area (Å²) in [6.07, 6.45) is 7.66. The van der Waals surface area contributed by atoms with E-state index >= 15 is 0 Å². The topological polar surface area (TPSA) is 67.8 Å². The zero-order valence-corrected chi connectivity index (χ0v) is 9.37. The fourth-order valence-electron chi connectivity index (χ4n) is 2.78. The minimum Gasteiger partial charge on any atom is -0.253 e. The monoisotopic (exact) mass is 228 g/mol. The Morgan fingerprint density at radius 3 is 2.88 bits per heavy atom. The lowest BCUT2D eigenvalue weighted by Crippen LogP contribution is -2.26. The average molecular weight is 228 g/mol. The maximum Gasteiger partial charge on any atom is 0.206 e. The van der Waals surface area contributed by atoms with E-state index in [4.69, 9.17) is 9.98 Å². The van der Waals surface area contributed by atoms with Crippen molar-refractivity contribution in [1.82, 2.24) is 20.0 Å². The minimum atomic E-state index is -0.214. The van der Waals surface area contributed by atoms with Gasteiger partial charge in [-0.2, -0.15) is 4.52 Å². The van der Waals surface area contributed by atoms with Gasteiger partial charge in [0.15, 0.2) is 5.66 Å².